The van der Waals surface area contributed by atoms with Gasteiger partial charge in [0.25, 0.3) is 0 Å². The molecule has 0 aliphatic carbocycles. The predicted octanol–water partition coefficient (Wildman–Crippen LogP) is 3.00. The molecule has 166 valence electrons. The van der Waals surface area contributed by atoms with E-state index >= 15 is 0 Å². The minimum Gasteiger partial charge on any atom is -0.460 e. The molecule has 1 fully saturated rings. The van der Waals surface area contributed by atoms with E-state index in [1.165, 1.54) is 11.8 Å². The molecule has 0 saturated carbocycles. The van der Waals surface area contributed by atoms with Crippen molar-refractivity contribution in [2.24, 2.45) is 0 Å². The summed E-state index contributed by atoms with van der Waals surface area (Å²) in [6.45, 7) is 3.26. The largest absolute Gasteiger partial charge is 0.460 e. The average Bonchev–Trinajstić information content (AvgIpc) is 3.07. The van der Waals surface area contributed by atoms with Gasteiger partial charge in [-0.2, -0.15) is 0 Å². The van der Waals surface area contributed by atoms with Crippen LogP contribution < -0.4 is 0 Å². The van der Waals surface area contributed by atoms with Crippen molar-refractivity contribution in [3.63, 3.8) is 0 Å². The number of hydrogen-bond acceptors (Lipinski definition) is 7. The summed E-state index contributed by atoms with van der Waals surface area (Å²) in [4.78, 5) is 37.8. The highest BCUT2D eigenvalue weighted by Crippen LogP contribution is 2.18. The molecule has 3 aromatic rings. The SMILES string of the molecule is O=C(CN1CCCN(C(=O)CSc2cnc3ccccc3n2)CC1)OCc1ccccc1. The highest BCUT2D eigenvalue weighted by atomic mass is 32.2. The number of thioether (sulfide) groups is 1. The van der Waals surface area contributed by atoms with Crippen LogP contribution in [0.2, 0.25) is 0 Å². The number of carbonyl (C=O) groups is 2. The summed E-state index contributed by atoms with van der Waals surface area (Å²) in [6, 6.07) is 17.3. The molecule has 0 bridgehead atoms. The summed E-state index contributed by atoms with van der Waals surface area (Å²) in [5.41, 5.74) is 2.65. The first-order valence-electron chi connectivity index (χ1n) is 10.7. The Kier molecular flexibility index (Phi) is 7.68. The molecule has 8 heteroatoms. The van der Waals surface area contributed by atoms with Gasteiger partial charge in [-0.25, -0.2) is 4.98 Å². The molecule has 0 atom stereocenters. The van der Waals surface area contributed by atoms with Crippen LogP contribution in [0, 0.1) is 0 Å². The molecule has 2 aromatic carbocycles. The van der Waals surface area contributed by atoms with Gasteiger partial charge in [-0.05, 0) is 24.1 Å². The van der Waals surface area contributed by atoms with E-state index in [0.717, 1.165) is 34.6 Å². The minimum atomic E-state index is -0.237. The van der Waals surface area contributed by atoms with Gasteiger partial charge in [-0.3, -0.25) is 19.5 Å². The number of fused-ring (bicyclic) bond motifs is 1. The fourth-order valence-corrected chi connectivity index (χ4v) is 4.33. The number of amides is 1. The van der Waals surface area contributed by atoms with Crippen molar-refractivity contribution in [1.82, 2.24) is 19.8 Å². The molecular weight excluding hydrogens is 424 g/mol. The molecule has 1 saturated heterocycles. The molecule has 0 radical (unpaired) electrons. The second-order valence-corrected chi connectivity index (χ2v) is 8.64. The van der Waals surface area contributed by atoms with Crippen LogP contribution in [0.1, 0.15) is 12.0 Å². The van der Waals surface area contributed by atoms with Gasteiger partial charge in [0, 0.05) is 26.2 Å². The third kappa shape index (κ3) is 6.27. The third-order valence-electron chi connectivity index (χ3n) is 5.31. The number of para-hydroxylation sites is 2. The normalized spacial score (nSPS) is 14.8. The lowest BCUT2D eigenvalue weighted by Crippen LogP contribution is -2.37. The molecule has 1 aromatic heterocycles. The predicted molar refractivity (Wildman–Crippen MR) is 124 cm³/mol. The molecule has 1 amide bonds. The first kappa shape index (κ1) is 22.2. The van der Waals surface area contributed by atoms with Crippen LogP contribution in [0.5, 0.6) is 0 Å². The molecule has 0 N–H and O–H groups in total. The van der Waals surface area contributed by atoms with E-state index < -0.39 is 0 Å². The smallest absolute Gasteiger partial charge is 0.320 e. The van der Waals surface area contributed by atoms with Crippen LogP contribution in [0.3, 0.4) is 0 Å². The number of aromatic nitrogens is 2. The van der Waals surface area contributed by atoms with Gasteiger partial charge in [0.2, 0.25) is 5.91 Å². The Hall–Kier alpha value is -2.97. The van der Waals surface area contributed by atoms with Gasteiger partial charge in [-0.1, -0.05) is 54.2 Å². The molecule has 0 spiro atoms. The molecule has 0 unspecified atom stereocenters. The molecule has 1 aliphatic rings. The summed E-state index contributed by atoms with van der Waals surface area (Å²) < 4.78 is 5.39. The Balaban J connectivity index is 1.21. The van der Waals surface area contributed by atoms with Gasteiger partial charge >= 0.3 is 5.97 Å². The zero-order valence-corrected chi connectivity index (χ0v) is 18.7. The summed E-state index contributed by atoms with van der Waals surface area (Å²) in [7, 11) is 0. The Bertz CT molecular complexity index is 1060. The van der Waals surface area contributed by atoms with Crippen LogP contribution in [0.4, 0.5) is 0 Å². The standard InChI is InChI=1S/C24H26N4O3S/c29-23(18-32-22-15-25-20-9-4-5-10-21(20)26-22)28-12-6-11-27(13-14-28)16-24(30)31-17-19-7-2-1-3-8-19/h1-5,7-10,15H,6,11-14,16-18H2. The number of hydrogen-bond donors (Lipinski definition) is 0. The number of esters is 1. The number of ether oxygens (including phenoxy) is 1. The number of nitrogens with zero attached hydrogens (tertiary/aromatic N) is 4. The van der Waals surface area contributed by atoms with Crippen molar-refractivity contribution >= 4 is 34.7 Å². The second kappa shape index (κ2) is 11.1. The molecule has 4 rings (SSSR count). The average molecular weight is 451 g/mol. The van der Waals surface area contributed by atoms with E-state index in [9.17, 15) is 9.59 Å². The number of benzene rings is 2. The van der Waals surface area contributed by atoms with Crippen LogP contribution in [0.15, 0.2) is 65.8 Å². The molecule has 32 heavy (non-hydrogen) atoms. The third-order valence-corrected chi connectivity index (χ3v) is 6.19. The van der Waals surface area contributed by atoms with Crippen LogP contribution in [-0.4, -0.2) is 70.1 Å². The van der Waals surface area contributed by atoms with E-state index in [1.54, 1.807) is 6.20 Å². The first-order valence-corrected chi connectivity index (χ1v) is 11.7. The Morgan fingerprint density at radius 3 is 2.56 bits per heavy atom. The van der Waals surface area contributed by atoms with Gasteiger partial charge < -0.3 is 9.64 Å². The van der Waals surface area contributed by atoms with Crippen LogP contribution >= 0.6 is 11.8 Å². The zero-order chi connectivity index (χ0) is 22.2. The monoisotopic (exact) mass is 450 g/mol. The van der Waals surface area contributed by atoms with E-state index in [0.29, 0.717) is 25.4 Å². The molecular formula is C24H26N4O3S. The number of carbonyl (C=O) groups excluding carboxylic acids is 2. The quantitative estimate of drug-likeness (QED) is 0.405. The summed E-state index contributed by atoms with van der Waals surface area (Å²) in [6.07, 6.45) is 2.55. The maximum Gasteiger partial charge on any atom is 0.320 e. The number of rotatable bonds is 7. The van der Waals surface area contributed by atoms with Crippen molar-refractivity contribution in [2.45, 2.75) is 18.1 Å². The molecule has 7 nitrogen and oxygen atoms in total. The fraction of sp³-hybridized carbons (Fsp3) is 0.333. The highest BCUT2D eigenvalue weighted by Gasteiger charge is 2.21. The van der Waals surface area contributed by atoms with Crippen molar-refractivity contribution < 1.29 is 14.3 Å². The minimum absolute atomic E-state index is 0.0819. The van der Waals surface area contributed by atoms with Crippen LogP contribution in [-0.2, 0) is 20.9 Å². The maximum atomic E-state index is 12.7. The van der Waals surface area contributed by atoms with Gasteiger partial charge in [0.05, 0.1) is 29.5 Å². The first-order chi connectivity index (χ1) is 15.7. The van der Waals surface area contributed by atoms with Gasteiger partial charge in [0.15, 0.2) is 0 Å². The van der Waals surface area contributed by atoms with E-state index in [4.69, 9.17) is 4.74 Å². The lowest BCUT2D eigenvalue weighted by molar-refractivity contribution is -0.146. The lowest BCUT2D eigenvalue weighted by atomic mass is 10.2. The zero-order valence-electron chi connectivity index (χ0n) is 17.9. The Labute approximate surface area is 191 Å². The summed E-state index contributed by atoms with van der Waals surface area (Å²) in [5, 5.41) is 0.745. The van der Waals surface area contributed by atoms with Crippen molar-refractivity contribution in [2.75, 3.05) is 38.5 Å². The molecule has 1 aliphatic heterocycles. The summed E-state index contributed by atoms with van der Waals surface area (Å²) >= 11 is 1.41. The van der Waals surface area contributed by atoms with Crippen molar-refractivity contribution in [3.05, 3.63) is 66.4 Å². The van der Waals surface area contributed by atoms with E-state index in [-0.39, 0.29) is 25.0 Å². The van der Waals surface area contributed by atoms with Crippen molar-refractivity contribution in [1.29, 1.82) is 0 Å². The van der Waals surface area contributed by atoms with Gasteiger partial charge in [0.1, 0.15) is 11.6 Å². The van der Waals surface area contributed by atoms with Crippen molar-refractivity contribution in [3.8, 4) is 0 Å². The fourth-order valence-electron chi connectivity index (χ4n) is 3.58. The second-order valence-electron chi connectivity index (χ2n) is 7.64. The Morgan fingerprint density at radius 1 is 0.938 bits per heavy atom. The highest BCUT2D eigenvalue weighted by molar-refractivity contribution is 7.99. The van der Waals surface area contributed by atoms with E-state index in [1.807, 2.05) is 59.5 Å². The van der Waals surface area contributed by atoms with Crippen LogP contribution in [0.25, 0.3) is 11.0 Å². The van der Waals surface area contributed by atoms with Gasteiger partial charge in [-0.15, -0.1) is 0 Å². The van der Waals surface area contributed by atoms with E-state index in [2.05, 4.69) is 14.9 Å². The maximum absolute atomic E-state index is 12.7. The molecule has 2 heterocycles. The topological polar surface area (TPSA) is 75.6 Å². The Morgan fingerprint density at radius 2 is 1.72 bits per heavy atom. The summed E-state index contributed by atoms with van der Waals surface area (Å²) in [5.74, 6) is 0.170. The lowest BCUT2D eigenvalue weighted by Gasteiger charge is -2.21.